The van der Waals surface area contributed by atoms with Crippen molar-refractivity contribution in [3.63, 3.8) is 0 Å². The summed E-state index contributed by atoms with van der Waals surface area (Å²) in [4.78, 5) is 0. The van der Waals surface area contributed by atoms with Gasteiger partial charge in [-0.1, -0.05) is 0 Å². The summed E-state index contributed by atoms with van der Waals surface area (Å²) in [6.07, 6.45) is 1.82. The van der Waals surface area contributed by atoms with Gasteiger partial charge in [-0.3, -0.25) is 0 Å². The van der Waals surface area contributed by atoms with Gasteiger partial charge in [0, 0.05) is 26.2 Å². The molecular weight excluding hydrogens is 278 g/mol. The highest BCUT2D eigenvalue weighted by Gasteiger charge is 2.36. The molecule has 0 spiro atoms. The number of piperidine rings is 1. The van der Waals surface area contributed by atoms with E-state index in [2.05, 4.69) is 5.32 Å². The molecule has 0 aliphatic carbocycles. The first-order chi connectivity index (χ1) is 9.43. The number of nitrogens with zero attached hydrogens (tertiary/aromatic N) is 2. The van der Waals surface area contributed by atoms with Crippen LogP contribution < -0.4 is 5.32 Å². The summed E-state index contributed by atoms with van der Waals surface area (Å²) in [5.74, 6) is 0.592. The molecule has 7 heteroatoms. The van der Waals surface area contributed by atoms with Crippen LogP contribution in [0.2, 0.25) is 0 Å². The molecule has 2 aliphatic rings. The third kappa shape index (κ3) is 3.71. The van der Waals surface area contributed by atoms with Crippen LogP contribution in [0.5, 0.6) is 0 Å². The number of morpholine rings is 1. The molecule has 2 heterocycles. The molecule has 0 aromatic carbocycles. The lowest BCUT2D eigenvalue weighted by Crippen LogP contribution is -2.54. The first kappa shape index (κ1) is 16.2. The summed E-state index contributed by atoms with van der Waals surface area (Å²) in [6, 6.07) is 0. The van der Waals surface area contributed by atoms with Crippen molar-refractivity contribution in [2.45, 2.75) is 38.9 Å². The van der Waals surface area contributed by atoms with Crippen molar-refractivity contribution >= 4 is 10.2 Å². The van der Waals surface area contributed by atoms with Gasteiger partial charge in [-0.15, -0.1) is 0 Å². The Morgan fingerprint density at radius 3 is 2.15 bits per heavy atom. The van der Waals surface area contributed by atoms with Crippen LogP contribution in [0.4, 0.5) is 0 Å². The molecule has 0 aromatic rings. The van der Waals surface area contributed by atoms with E-state index in [-0.39, 0.29) is 12.2 Å². The maximum absolute atomic E-state index is 12.7. The van der Waals surface area contributed by atoms with Crippen molar-refractivity contribution in [3.8, 4) is 0 Å². The largest absolute Gasteiger partial charge is 0.373 e. The Hall–Kier alpha value is -0.210. The third-order valence-electron chi connectivity index (χ3n) is 4.10. The van der Waals surface area contributed by atoms with Gasteiger partial charge in [-0.2, -0.15) is 17.0 Å². The quantitative estimate of drug-likeness (QED) is 0.810. The third-order valence-corrected chi connectivity index (χ3v) is 6.07. The molecule has 0 amide bonds. The molecular formula is C13H27N3O3S. The average molecular weight is 305 g/mol. The molecule has 2 unspecified atom stereocenters. The number of hydrogen-bond donors (Lipinski definition) is 1. The summed E-state index contributed by atoms with van der Waals surface area (Å²) in [6.45, 7) is 7.02. The lowest BCUT2D eigenvalue weighted by atomic mass is 9.98. The van der Waals surface area contributed by atoms with Gasteiger partial charge in [0.05, 0.1) is 12.2 Å². The molecule has 1 N–H and O–H groups in total. The maximum atomic E-state index is 12.7. The van der Waals surface area contributed by atoms with E-state index in [1.807, 2.05) is 20.9 Å². The molecule has 2 fully saturated rings. The molecule has 0 bridgehead atoms. The Morgan fingerprint density at radius 1 is 1.10 bits per heavy atom. The summed E-state index contributed by atoms with van der Waals surface area (Å²) in [7, 11) is -1.38. The molecule has 0 aromatic heterocycles. The van der Waals surface area contributed by atoms with Crippen LogP contribution in [0.1, 0.15) is 26.7 Å². The fraction of sp³-hybridized carbons (Fsp3) is 1.00. The Labute approximate surface area is 122 Å². The van der Waals surface area contributed by atoms with Crippen molar-refractivity contribution in [1.29, 1.82) is 0 Å². The van der Waals surface area contributed by atoms with E-state index in [0.717, 1.165) is 19.4 Å². The highest BCUT2D eigenvalue weighted by molar-refractivity contribution is 7.86. The van der Waals surface area contributed by atoms with Gasteiger partial charge >= 0.3 is 0 Å². The average Bonchev–Trinajstić information content (AvgIpc) is 2.38. The number of hydrogen-bond acceptors (Lipinski definition) is 4. The van der Waals surface area contributed by atoms with E-state index in [1.165, 1.54) is 0 Å². The molecule has 20 heavy (non-hydrogen) atoms. The van der Waals surface area contributed by atoms with E-state index in [1.54, 1.807) is 8.61 Å². The highest BCUT2D eigenvalue weighted by Crippen LogP contribution is 2.23. The smallest absolute Gasteiger partial charge is 0.282 e. The zero-order valence-corrected chi connectivity index (χ0v) is 13.5. The Morgan fingerprint density at radius 2 is 1.65 bits per heavy atom. The SMILES string of the molecule is CNCC1CCN(S(=O)(=O)N2CC(C)OC(C)C2)CC1. The zero-order chi connectivity index (χ0) is 14.8. The van der Waals surface area contributed by atoms with Gasteiger partial charge < -0.3 is 10.1 Å². The summed E-state index contributed by atoms with van der Waals surface area (Å²) >= 11 is 0. The van der Waals surface area contributed by atoms with Crippen LogP contribution in [0.25, 0.3) is 0 Å². The van der Waals surface area contributed by atoms with E-state index < -0.39 is 10.2 Å². The van der Waals surface area contributed by atoms with Gasteiger partial charge in [0.1, 0.15) is 0 Å². The first-order valence-corrected chi connectivity index (χ1v) is 8.88. The van der Waals surface area contributed by atoms with Crippen LogP contribution >= 0.6 is 0 Å². The van der Waals surface area contributed by atoms with Gasteiger partial charge in [-0.25, -0.2) is 0 Å². The standard InChI is InChI=1S/C13H27N3O3S/c1-11-9-16(10-12(2)19-11)20(17,18)15-6-4-13(5-7-15)8-14-3/h11-14H,4-10H2,1-3H3. The second-order valence-corrected chi connectivity index (χ2v) is 7.91. The Kier molecular flexibility index (Phi) is 5.42. The van der Waals surface area contributed by atoms with E-state index in [4.69, 9.17) is 4.74 Å². The molecule has 0 saturated carbocycles. The summed E-state index contributed by atoms with van der Waals surface area (Å²) < 4.78 is 34.2. The van der Waals surface area contributed by atoms with Crippen LogP contribution in [0, 0.1) is 5.92 Å². The summed E-state index contributed by atoms with van der Waals surface area (Å²) in [5.41, 5.74) is 0. The zero-order valence-electron chi connectivity index (χ0n) is 12.7. The number of nitrogens with one attached hydrogen (secondary N) is 1. The lowest BCUT2D eigenvalue weighted by Gasteiger charge is -2.39. The van der Waals surface area contributed by atoms with Gasteiger partial charge in [0.15, 0.2) is 0 Å². The van der Waals surface area contributed by atoms with Crippen LogP contribution in [-0.2, 0) is 14.9 Å². The molecule has 2 saturated heterocycles. The minimum absolute atomic E-state index is 0.0321. The number of ether oxygens (including phenoxy) is 1. The minimum Gasteiger partial charge on any atom is -0.373 e. The van der Waals surface area contributed by atoms with Crippen molar-refractivity contribution in [2.24, 2.45) is 5.92 Å². The van der Waals surface area contributed by atoms with Crippen LogP contribution in [-0.4, -0.2) is 69.0 Å². The van der Waals surface area contributed by atoms with Crippen molar-refractivity contribution in [1.82, 2.24) is 13.9 Å². The van der Waals surface area contributed by atoms with E-state index >= 15 is 0 Å². The van der Waals surface area contributed by atoms with Crippen molar-refractivity contribution in [3.05, 3.63) is 0 Å². The van der Waals surface area contributed by atoms with Crippen LogP contribution in [0.3, 0.4) is 0 Å². The monoisotopic (exact) mass is 305 g/mol. The Balaban J connectivity index is 1.97. The second kappa shape index (κ2) is 6.70. The minimum atomic E-state index is -3.32. The van der Waals surface area contributed by atoms with Crippen molar-refractivity contribution < 1.29 is 13.2 Å². The summed E-state index contributed by atoms with van der Waals surface area (Å²) in [5, 5.41) is 3.17. The Bertz CT molecular complexity index is 397. The molecule has 2 aliphatic heterocycles. The molecule has 118 valence electrons. The molecule has 2 atom stereocenters. The lowest BCUT2D eigenvalue weighted by molar-refractivity contribution is -0.0456. The molecule has 6 nitrogen and oxygen atoms in total. The van der Waals surface area contributed by atoms with Gasteiger partial charge in [-0.05, 0) is 46.2 Å². The van der Waals surface area contributed by atoms with Gasteiger partial charge in [0.25, 0.3) is 10.2 Å². The van der Waals surface area contributed by atoms with Crippen LogP contribution in [0.15, 0.2) is 0 Å². The molecule has 2 rings (SSSR count). The predicted octanol–water partition coefficient (Wildman–Crippen LogP) is 0.272. The van der Waals surface area contributed by atoms with E-state index in [9.17, 15) is 8.42 Å². The topological polar surface area (TPSA) is 61.9 Å². The fourth-order valence-corrected chi connectivity index (χ4v) is 4.91. The fourth-order valence-electron chi connectivity index (χ4n) is 3.12. The normalized spacial score (nSPS) is 31.6. The predicted molar refractivity (Wildman–Crippen MR) is 78.7 cm³/mol. The first-order valence-electron chi connectivity index (χ1n) is 7.48. The number of rotatable bonds is 4. The van der Waals surface area contributed by atoms with E-state index in [0.29, 0.717) is 32.1 Å². The molecule has 0 radical (unpaired) electrons. The maximum Gasteiger partial charge on any atom is 0.282 e. The van der Waals surface area contributed by atoms with Gasteiger partial charge in [0.2, 0.25) is 0 Å². The second-order valence-electron chi connectivity index (χ2n) is 5.98. The van der Waals surface area contributed by atoms with Crippen molar-refractivity contribution in [2.75, 3.05) is 39.8 Å². The highest BCUT2D eigenvalue weighted by atomic mass is 32.2.